The van der Waals surface area contributed by atoms with Crippen LogP contribution in [0.4, 0.5) is 10.1 Å². The van der Waals surface area contributed by atoms with Crippen molar-refractivity contribution in [2.75, 3.05) is 11.9 Å². The lowest BCUT2D eigenvalue weighted by molar-refractivity contribution is 0.472. The SMILES string of the molecule is Fc1cccc2c1NCCC2c1ccco1. The Morgan fingerprint density at radius 1 is 1.25 bits per heavy atom. The van der Waals surface area contributed by atoms with Gasteiger partial charge in [0.15, 0.2) is 0 Å². The highest BCUT2D eigenvalue weighted by Gasteiger charge is 2.25. The predicted octanol–water partition coefficient (Wildman–Crippen LogP) is 3.37. The first-order valence-corrected chi connectivity index (χ1v) is 5.42. The molecule has 3 rings (SSSR count). The molecule has 0 bridgehead atoms. The zero-order chi connectivity index (χ0) is 11.0. The number of hydrogen-bond acceptors (Lipinski definition) is 2. The van der Waals surface area contributed by atoms with Gasteiger partial charge in [-0.2, -0.15) is 0 Å². The zero-order valence-corrected chi connectivity index (χ0v) is 8.74. The van der Waals surface area contributed by atoms with Crippen molar-refractivity contribution in [2.45, 2.75) is 12.3 Å². The first-order valence-electron chi connectivity index (χ1n) is 5.42. The van der Waals surface area contributed by atoms with Gasteiger partial charge in [0, 0.05) is 12.5 Å². The van der Waals surface area contributed by atoms with Crippen molar-refractivity contribution in [1.82, 2.24) is 0 Å². The maximum atomic E-state index is 13.6. The Morgan fingerprint density at radius 2 is 2.19 bits per heavy atom. The van der Waals surface area contributed by atoms with E-state index in [1.165, 1.54) is 6.07 Å². The summed E-state index contributed by atoms with van der Waals surface area (Å²) in [6.45, 7) is 0.777. The molecule has 1 aromatic heterocycles. The standard InChI is InChI=1S/C13H12FNO/c14-11-4-1-3-10-9(6-7-15-13(10)11)12-5-2-8-16-12/h1-5,8-9,15H,6-7H2. The Bertz CT molecular complexity index is 493. The van der Waals surface area contributed by atoms with E-state index < -0.39 is 0 Å². The second-order valence-corrected chi connectivity index (χ2v) is 3.99. The molecule has 1 unspecified atom stereocenters. The van der Waals surface area contributed by atoms with E-state index in [0.717, 1.165) is 24.3 Å². The van der Waals surface area contributed by atoms with Crippen molar-refractivity contribution in [2.24, 2.45) is 0 Å². The van der Waals surface area contributed by atoms with Gasteiger partial charge in [0.1, 0.15) is 11.6 Å². The fourth-order valence-electron chi connectivity index (χ4n) is 2.30. The van der Waals surface area contributed by atoms with Gasteiger partial charge in [0.25, 0.3) is 0 Å². The van der Waals surface area contributed by atoms with Gasteiger partial charge in [0.2, 0.25) is 0 Å². The Morgan fingerprint density at radius 3 is 3.00 bits per heavy atom. The quantitative estimate of drug-likeness (QED) is 0.792. The van der Waals surface area contributed by atoms with Crippen molar-refractivity contribution in [3.05, 3.63) is 53.7 Å². The highest BCUT2D eigenvalue weighted by Crippen LogP contribution is 2.37. The summed E-state index contributed by atoms with van der Waals surface area (Å²) in [5.41, 5.74) is 1.61. The Labute approximate surface area is 93.1 Å². The topological polar surface area (TPSA) is 25.2 Å². The molecule has 2 heterocycles. The van der Waals surface area contributed by atoms with Gasteiger partial charge in [-0.3, -0.25) is 0 Å². The van der Waals surface area contributed by atoms with E-state index in [2.05, 4.69) is 5.32 Å². The molecular formula is C13H12FNO. The summed E-state index contributed by atoms with van der Waals surface area (Å²) in [7, 11) is 0. The van der Waals surface area contributed by atoms with E-state index in [1.54, 1.807) is 12.3 Å². The third-order valence-corrected chi connectivity index (χ3v) is 3.04. The molecule has 0 saturated carbocycles. The highest BCUT2D eigenvalue weighted by molar-refractivity contribution is 5.57. The van der Waals surface area contributed by atoms with Crippen molar-refractivity contribution in [3.63, 3.8) is 0 Å². The minimum Gasteiger partial charge on any atom is -0.469 e. The minimum atomic E-state index is -0.186. The largest absolute Gasteiger partial charge is 0.469 e. The average molecular weight is 217 g/mol. The highest BCUT2D eigenvalue weighted by atomic mass is 19.1. The molecular weight excluding hydrogens is 205 g/mol. The maximum absolute atomic E-state index is 13.6. The van der Waals surface area contributed by atoms with Gasteiger partial charge >= 0.3 is 0 Å². The number of para-hydroxylation sites is 1. The van der Waals surface area contributed by atoms with Crippen molar-refractivity contribution in [3.8, 4) is 0 Å². The van der Waals surface area contributed by atoms with E-state index in [1.807, 2.05) is 18.2 Å². The summed E-state index contributed by atoms with van der Waals surface area (Å²) in [5, 5.41) is 3.11. The Hall–Kier alpha value is -1.77. The van der Waals surface area contributed by atoms with E-state index in [0.29, 0.717) is 5.69 Å². The number of rotatable bonds is 1. The summed E-state index contributed by atoms with van der Waals surface area (Å²) in [5.74, 6) is 0.893. The monoisotopic (exact) mass is 217 g/mol. The molecule has 16 heavy (non-hydrogen) atoms. The molecule has 1 aromatic carbocycles. The molecule has 0 amide bonds. The number of fused-ring (bicyclic) bond motifs is 1. The number of furan rings is 1. The van der Waals surface area contributed by atoms with Crippen LogP contribution in [0.25, 0.3) is 0 Å². The van der Waals surface area contributed by atoms with Gasteiger partial charge in [-0.05, 0) is 30.2 Å². The van der Waals surface area contributed by atoms with Crippen molar-refractivity contribution >= 4 is 5.69 Å². The van der Waals surface area contributed by atoms with Crippen molar-refractivity contribution < 1.29 is 8.81 Å². The molecule has 0 radical (unpaired) electrons. The first-order chi connectivity index (χ1) is 7.86. The summed E-state index contributed by atoms with van der Waals surface area (Å²) in [6.07, 6.45) is 2.60. The minimum absolute atomic E-state index is 0.168. The second kappa shape index (κ2) is 3.67. The van der Waals surface area contributed by atoms with Crippen LogP contribution < -0.4 is 5.32 Å². The number of benzene rings is 1. The van der Waals surface area contributed by atoms with Crippen LogP contribution in [-0.4, -0.2) is 6.54 Å². The number of nitrogens with one attached hydrogen (secondary N) is 1. The third kappa shape index (κ3) is 1.40. The predicted molar refractivity (Wildman–Crippen MR) is 60.1 cm³/mol. The fraction of sp³-hybridized carbons (Fsp3) is 0.231. The van der Waals surface area contributed by atoms with Crippen LogP contribution in [0, 0.1) is 5.82 Å². The van der Waals surface area contributed by atoms with Gasteiger partial charge < -0.3 is 9.73 Å². The van der Waals surface area contributed by atoms with Crippen LogP contribution in [-0.2, 0) is 0 Å². The van der Waals surface area contributed by atoms with E-state index in [4.69, 9.17) is 4.42 Å². The summed E-state index contributed by atoms with van der Waals surface area (Å²) in [4.78, 5) is 0. The molecule has 0 fully saturated rings. The van der Waals surface area contributed by atoms with Crippen LogP contribution >= 0.6 is 0 Å². The lowest BCUT2D eigenvalue weighted by Gasteiger charge is -2.25. The smallest absolute Gasteiger partial charge is 0.146 e. The molecule has 1 aliphatic rings. The molecule has 0 aliphatic carbocycles. The zero-order valence-electron chi connectivity index (χ0n) is 8.74. The first kappa shape index (κ1) is 9.46. The van der Waals surface area contributed by atoms with Gasteiger partial charge in [-0.1, -0.05) is 12.1 Å². The van der Waals surface area contributed by atoms with E-state index in [-0.39, 0.29) is 11.7 Å². The average Bonchev–Trinajstić information content (AvgIpc) is 2.82. The molecule has 1 atom stereocenters. The third-order valence-electron chi connectivity index (χ3n) is 3.04. The lowest BCUT2D eigenvalue weighted by atomic mass is 9.89. The Kier molecular flexibility index (Phi) is 2.17. The van der Waals surface area contributed by atoms with Crippen LogP contribution in [0.2, 0.25) is 0 Å². The van der Waals surface area contributed by atoms with Crippen LogP contribution in [0.5, 0.6) is 0 Å². The van der Waals surface area contributed by atoms with Gasteiger partial charge in [-0.25, -0.2) is 4.39 Å². The maximum Gasteiger partial charge on any atom is 0.146 e. The van der Waals surface area contributed by atoms with E-state index >= 15 is 0 Å². The summed E-state index contributed by atoms with van der Waals surface area (Å²) in [6, 6.07) is 9.01. The molecule has 0 saturated heterocycles. The number of hydrogen-bond donors (Lipinski definition) is 1. The van der Waals surface area contributed by atoms with E-state index in [9.17, 15) is 4.39 Å². The summed E-state index contributed by atoms with van der Waals surface area (Å²) < 4.78 is 19.0. The molecule has 0 spiro atoms. The summed E-state index contributed by atoms with van der Waals surface area (Å²) >= 11 is 0. The van der Waals surface area contributed by atoms with Crippen LogP contribution in [0.3, 0.4) is 0 Å². The lowest BCUT2D eigenvalue weighted by Crippen LogP contribution is -2.18. The molecule has 2 nitrogen and oxygen atoms in total. The van der Waals surface area contributed by atoms with Crippen LogP contribution in [0.15, 0.2) is 41.0 Å². The normalized spacial score (nSPS) is 18.9. The fourth-order valence-corrected chi connectivity index (χ4v) is 2.30. The van der Waals surface area contributed by atoms with Gasteiger partial charge in [-0.15, -0.1) is 0 Å². The number of anilines is 1. The number of halogens is 1. The van der Waals surface area contributed by atoms with Gasteiger partial charge in [0.05, 0.1) is 12.0 Å². The Balaban J connectivity index is 2.10. The second-order valence-electron chi connectivity index (χ2n) is 3.99. The molecule has 1 aliphatic heterocycles. The molecule has 3 heteroatoms. The van der Waals surface area contributed by atoms with Crippen LogP contribution in [0.1, 0.15) is 23.7 Å². The molecule has 1 N–H and O–H groups in total. The molecule has 82 valence electrons. The molecule has 2 aromatic rings. The van der Waals surface area contributed by atoms with Crippen molar-refractivity contribution in [1.29, 1.82) is 0 Å².